The van der Waals surface area contributed by atoms with Crippen molar-refractivity contribution in [3.63, 3.8) is 0 Å². The lowest BCUT2D eigenvalue weighted by atomic mass is 9.99. The van der Waals surface area contributed by atoms with Crippen molar-refractivity contribution in [2.45, 2.75) is 31.1 Å². The Morgan fingerprint density at radius 3 is 2.88 bits per heavy atom. The Balaban J connectivity index is 2.22. The van der Waals surface area contributed by atoms with Crippen LogP contribution in [0, 0.1) is 12.7 Å². The normalized spacial score (nSPS) is 22.3. The zero-order valence-corrected chi connectivity index (χ0v) is 10.6. The average Bonchev–Trinajstić information content (AvgIpc) is 2.78. The van der Waals surface area contributed by atoms with Gasteiger partial charge in [0.2, 0.25) is 0 Å². The Kier molecular flexibility index (Phi) is 3.87. The van der Waals surface area contributed by atoms with E-state index < -0.39 is 0 Å². The van der Waals surface area contributed by atoms with Gasteiger partial charge in [-0.3, -0.25) is 0 Å². The third-order valence-corrected chi connectivity index (χ3v) is 4.66. The van der Waals surface area contributed by atoms with E-state index in [0.29, 0.717) is 5.25 Å². The first kappa shape index (κ1) is 11.9. The van der Waals surface area contributed by atoms with E-state index in [2.05, 4.69) is 5.32 Å². The van der Waals surface area contributed by atoms with Crippen molar-refractivity contribution < 1.29 is 4.39 Å². The standard InChI is InChI=1S/C13H18FNS/c1-9-5-6-10(8-11(9)14)13(15-2)12-4-3-7-16-12/h5-6,8,12-13,15H,3-4,7H2,1-2H3. The van der Waals surface area contributed by atoms with Gasteiger partial charge in [0, 0.05) is 11.3 Å². The van der Waals surface area contributed by atoms with Crippen LogP contribution in [0.5, 0.6) is 0 Å². The van der Waals surface area contributed by atoms with Crippen molar-refractivity contribution in [2.24, 2.45) is 0 Å². The Morgan fingerprint density at radius 2 is 2.31 bits per heavy atom. The molecule has 1 saturated heterocycles. The molecular formula is C13H18FNS. The van der Waals surface area contributed by atoms with Crippen LogP contribution in [-0.2, 0) is 0 Å². The summed E-state index contributed by atoms with van der Waals surface area (Å²) in [5, 5.41) is 3.91. The smallest absolute Gasteiger partial charge is 0.126 e. The summed E-state index contributed by atoms with van der Waals surface area (Å²) in [6.45, 7) is 1.80. The number of benzene rings is 1. The summed E-state index contributed by atoms with van der Waals surface area (Å²) in [5.74, 6) is 1.14. The van der Waals surface area contributed by atoms with Crippen LogP contribution in [-0.4, -0.2) is 18.1 Å². The molecule has 1 aromatic carbocycles. The van der Waals surface area contributed by atoms with E-state index in [1.807, 2.05) is 30.9 Å². The topological polar surface area (TPSA) is 12.0 Å². The van der Waals surface area contributed by atoms with Crippen molar-refractivity contribution in [1.29, 1.82) is 0 Å². The largest absolute Gasteiger partial charge is 0.312 e. The second-order valence-electron chi connectivity index (χ2n) is 4.33. The molecule has 1 aliphatic heterocycles. The first-order valence-electron chi connectivity index (χ1n) is 5.77. The van der Waals surface area contributed by atoms with Crippen molar-refractivity contribution in [1.82, 2.24) is 5.32 Å². The van der Waals surface area contributed by atoms with Crippen LogP contribution < -0.4 is 5.32 Å². The quantitative estimate of drug-likeness (QED) is 0.868. The average molecular weight is 239 g/mol. The van der Waals surface area contributed by atoms with Crippen molar-refractivity contribution >= 4 is 11.8 Å². The van der Waals surface area contributed by atoms with E-state index in [9.17, 15) is 4.39 Å². The molecular weight excluding hydrogens is 221 g/mol. The minimum absolute atomic E-state index is 0.0965. The fourth-order valence-electron chi connectivity index (χ4n) is 2.24. The molecule has 0 bridgehead atoms. The van der Waals surface area contributed by atoms with Gasteiger partial charge in [-0.05, 0) is 49.8 Å². The first-order valence-corrected chi connectivity index (χ1v) is 6.82. The molecule has 2 rings (SSSR count). The number of thioether (sulfide) groups is 1. The van der Waals surface area contributed by atoms with Gasteiger partial charge in [0.25, 0.3) is 0 Å². The minimum atomic E-state index is -0.0965. The zero-order valence-electron chi connectivity index (χ0n) is 9.79. The first-order chi connectivity index (χ1) is 7.72. The van der Waals surface area contributed by atoms with Gasteiger partial charge in [-0.15, -0.1) is 0 Å². The lowest BCUT2D eigenvalue weighted by Gasteiger charge is -2.23. The molecule has 0 spiro atoms. The fourth-order valence-corrected chi connectivity index (χ4v) is 3.69. The molecule has 1 fully saturated rings. The van der Waals surface area contributed by atoms with Crippen LogP contribution in [0.2, 0.25) is 0 Å². The lowest BCUT2D eigenvalue weighted by molar-refractivity contribution is 0.543. The number of nitrogens with one attached hydrogen (secondary N) is 1. The van der Waals surface area contributed by atoms with Gasteiger partial charge in [-0.2, -0.15) is 11.8 Å². The Labute approximate surface area is 101 Å². The zero-order chi connectivity index (χ0) is 11.5. The van der Waals surface area contributed by atoms with Gasteiger partial charge >= 0.3 is 0 Å². The minimum Gasteiger partial charge on any atom is -0.312 e. The summed E-state index contributed by atoms with van der Waals surface area (Å²) in [5.41, 5.74) is 1.79. The maximum Gasteiger partial charge on any atom is 0.126 e. The number of halogens is 1. The van der Waals surface area contributed by atoms with E-state index >= 15 is 0 Å². The summed E-state index contributed by atoms with van der Waals surface area (Å²) < 4.78 is 13.5. The molecule has 1 aliphatic rings. The van der Waals surface area contributed by atoms with Gasteiger partial charge in [-0.25, -0.2) is 4.39 Å². The highest BCUT2D eigenvalue weighted by atomic mass is 32.2. The molecule has 0 aliphatic carbocycles. The third kappa shape index (κ3) is 2.41. The van der Waals surface area contributed by atoms with Crippen LogP contribution in [0.15, 0.2) is 18.2 Å². The van der Waals surface area contributed by atoms with Gasteiger partial charge in [0.15, 0.2) is 0 Å². The SMILES string of the molecule is CNC(c1ccc(C)c(F)c1)C1CCCS1. The summed E-state index contributed by atoms with van der Waals surface area (Å²) >= 11 is 1.99. The fraction of sp³-hybridized carbons (Fsp3) is 0.538. The molecule has 16 heavy (non-hydrogen) atoms. The molecule has 0 amide bonds. The number of hydrogen-bond donors (Lipinski definition) is 1. The molecule has 1 nitrogen and oxygen atoms in total. The van der Waals surface area contributed by atoms with Crippen molar-refractivity contribution in [2.75, 3.05) is 12.8 Å². The highest BCUT2D eigenvalue weighted by Crippen LogP contribution is 2.36. The third-order valence-electron chi connectivity index (χ3n) is 3.20. The molecule has 2 atom stereocenters. The molecule has 88 valence electrons. The number of aryl methyl sites for hydroxylation is 1. The van der Waals surface area contributed by atoms with Crippen molar-refractivity contribution in [3.05, 3.63) is 35.1 Å². The highest BCUT2D eigenvalue weighted by Gasteiger charge is 2.25. The van der Waals surface area contributed by atoms with E-state index in [4.69, 9.17) is 0 Å². The van der Waals surface area contributed by atoms with E-state index in [0.717, 1.165) is 11.1 Å². The lowest BCUT2D eigenvalue weighted by Crippen LogP contribution is -2.25. The Morgan fingerprint density at radius 1 is 1.50 bits per heavy atom. The molecule has 3 heteroatoms. The molecule has 2 unspecified atom stereocenters. The molecule has 1 N–H and O–H groups in total. The molecule has 0 saturated carbocycles. The second kappa shape index (κ2) is 5.19. The molecule has 1 heterocycles. The summed E-state index contributed by atoms with van der Waals surface area (Å²) in [6.07, 6.45) is 2.51. The predicted molar refractivity (Wildman–Crippen MR) is 68.4 cm³/mol. The maximum absolute atomic E-state index is 13.5. The highest BCUT2D eigenvalue weighted by molar-refractivity contribution is 8.00. The van der Waals surface area contributed by atoms with Gasteiger partial charge in [0.1, 0.15) is 5.82 Å². The van der Waals surface area contributed by atoms with E-state index in [1.54, 1.807) is 13.0 Å². The van der Waals surface area contributed by atoms with Crippen LogP contribution >= 0.6 is 11.8 Å². The summed E-state index contributed by atoms with van der Waals surface area (Å²) in [7, 11) is 1.96. The number of hydrogen-bond acceptors (Lipinski definition) is 2. The van der Waals surface area contributed by atoms with E-state index in [-0.39, 0.29) is 11.9 Å². The second-order valence-corrected chi connectivity index (χ2v) is 5.67. The Bertz CT molecular complexity index is 361. The van der Waals surface area contributed by atoms with Gasteiger partial charge < -0.3 is 5.32 Å². The van der Waals surface area contributed by atoms with Crippen molar-refractivity contribution in [3.8, 4) is 0 Å². The van der Waals surface area contributed by atoms with Crippen LogP contribution in [0.3, 0.4) is 0 Å². The van der Waals surface area contributed by atoms with Crippen LogP contribution in [0.4, 0.5) is 4.39 Å². The summed E-state index contributed by atoms with van der Waals surface area (Å²) in [4.78, 5) is 0. The summed E-state index contributed by atoms with van der Waals surface area (Å²) in [6, 6.07) is 5.87. The monoisotopic (exact) mass is 239 g/mol. The van der Waals surface area contributed by atoms with Crippen LogP contribution in [0.1, 0.15) is 30.0 Å². The Hall–Kier alpha value is -0.540. The molecule has 1 aromatic rings. The van der Waals surface area contributed by atoms with Gasteiger partial charge in [0.05, 0.1) is 0 Å². The van der Waals surface area contributed by atoms with E-state index in [1.165, 1.54) is 18.6 Å². The predicted octanol–water partition coefficient (Wildman–Crippen LogP) is 3.29. The number of rotatable bonds is 3. The molecule has 0 radical (unpaired) electrons. The maximum atomic E-state index is 13.5. The van der Waals surface area contributed by atoms with Gasteiger partial charge in [-0.1, -0.05) is 12.1 Å². The van der Waals surface area contributed by atoms with Crippen LogP contribution in [0.25, 0.3) is 0 Å². The molecule has 0 aromatic heterocycles.